The fourth-order valence-corrected chi connectivity index (χ4v) is 1.73. The predicted molar refractivity (Wildman–Crippen MR) is 74.1 cm³/mol. The normalized spacial score (nSPS) is 14.3. The zero-order valence-corrected chi connectivity index (χ0v) is 11.9. The molecule has 110 valence electrons. The topological polar surface area (TPSA) is 99.8 Å². The van der Waals surface area contributed by atoms with Crippen molar-refractivity contribution in [3.8, 4) is 0 Å². The van der Waals surface area contributed by atoms with Crippen molar-refractivity contribution in [1.29, 1.82) is 0 Å². The number of hydrogen-bond donors (Lipinski definition) is 3. The van der Waals surface area contributed by atoms with E-state index in [4.69, 9.17) is 0 Å². The standard InChI is InChI=1S/C13H21N5O2/c1-8(2)11-16-13(18-17-11)15-10(19)4-3-7-14-12(20)9-5-6-9/h8-9H,3-7H2,1-2H3,(H,14,20)(H2,15,16,17,18,19). The molecule has 0 bridgehead atoms. The Morgan fingerprint density at radius 1 is 1.40 bits per heavy atom. The molecule has 0 spiro atoms. The highest BCUT2D eigenvalue weighted by Crippen LogP contribution is 2.28. The first-order valence-electron chi connectivity index (χ1n) is 7.06. The molecule has 1 saturated carbocycles. The molecule has 0 aromatic carbocycles. The van der Waals surface area contributed by atoms with Gasteiger partial charge in [0.15, 0.2) is 0 Å². The minimum Gasteiger partial charge on any atom is -0.356 e. The summed E-state index contributed by atoms with van der Waals surface area (Å²) in [7, 11) is 0. The molecular formula is C13H21N5O2. The molecule has 1 heterocycles. The Hall–Kier alpha value is -1.92. The lowest BCUT2D eigenvalue weighted by molar-refractivity contribution is -0.122. The lowest BCUT2D eigenvalue weighted by Crippen LogP contribution is -2.26. The number of nitrogens with zero attached hydrogens (tertiary/aromatic N) is 2. The molecule has 1 aliphatic carbocycles. The van der Waals surface area contributed by atoms with E-state index in [1.165, 1.54) is 0 Å². The number of aromatic nitrogens is 3. The number of carbonyl (C=O) groups is 2. The first kappa shape index (κ1) is 14.5. The Balaban J connectivity index is 1.62. The molecule has 1 aromatic heterocycles. The largest absolute Gasteiger partial charge is 0.356 e. The Morgan fingerprint density at radius 2 is 2.15 bits per heavy atom. The Kier molecular flexibility index (Phi) is 4.70. The summed E-state index contributed by atoms with van der Waals surface area (Å²) >= 11 is 0. The molecule has 7 heteroatoms. The first-order valence-corrected chi connectivity index (χ1v) is 7.06. The summed E-state index contributed by atoms with van der Waals surface area (Å²) in [4.78, 5) is 27.2. The third-order valence-corrected chi connectivity index (χ3v) is 3.13. The van der Waals surface area contributed by atoms with Gasteiger partial charge < -0.3 is 5.32 Å². The van der Waals surface area contributed by atoms with Crippen LogP contribution in [0.15, 0.2) is 0 Å². The van der Waals surface area contributed by atoms with Gasteiger partial charge in [0, 0.05) is 24.8 Å². The number of carbonyl (C=O) groups excluding carboxylic acids is 2. The monoisotopic (exact) mass is 279 g/mol. The maximum absolute atomic E-state index is 11.7. The highest BCUT2D eigenvalue weighted by atomic mass is 16.2. The maximum Gasteiger partial charge on any atom is 0.248 e. The molecule has 1 fully saturated rings. The van der Waals surface area contributed by atoms with E-state index in [0.717, 1.165) is 18.7 Å². The van der Waals surface area contributed by atoms with E-state index in [0.29, 0.717) is 25.3 Å². The molecular weight excluding hydrogens is 258 g/mol. The van der Waals surface area contributed by atoms with Crippen molar-refractivity contribution in [1.82, 2.24) is 20.5 Å². The maximum atomic E-state index is 11.7. The minimum absolute atomic E-state index is 0.112. The van der Waals surface area contributed by atoms with Crippen LogP contribution < -0.4 is 10.6 Å². The van der Waals surface area contributed by atoms with Crippen molar-refractivity contribution in [3.63, 3.8) is 0 Å². The average Bonchev–Trinajstić information content (AvgIpc) is 3.15. The highest BCUT2D eigenvalue weighted by molar-refractivity contribution is 5.88. The van der Waals surface area contributed by atoms with Crippen LogP contribution in [-0.2, 0) is 9.59 Å². The molecule has 1 aliphatic rings. The molecule has 0 radical (unpaired) electrons. The second-order valence-electron chi connectivity index (χ2n) is 5.42. The fraction of sp³-hybridized carbons (Fsp3) is 0.692. The van der Waals surface area contributed by atoms with Gasteiger partial charge in [0.05, 0.1) is 0 Å². The molecule has 20 heavy (non-hydrogen) atoms. The number of aromatic amines is 1. The first-order chi connectivity index (χ1) is 9.56. The predicted octanol–water partition coefficient (Wildman–Crippen LogP) is 1.17. The second-order valence-corrected chi connectivity index (χ2v) is 5.42. The van der Waals surface area contributed by atoms with Crippen molar-refractivity contribution in [2.75, 3.05) is 11.9 Å². The zero-order chi connectivity index (χ0) is 14.5. The minimum atomic E-state index is -0.139. The molecule has 0 unspecified atom stereocenters. The van der Waals surface area contributed by atoms with Crippen LogP contribution in [0, 0.1) is 5.92 Å². The lowest BCUT2D eigenvalue weighted by atomic mass is 10.2. The molecule has 1 aromatic rings. The van der Waals surface area contributed by atoms with Gasteiger partial charge in [-0.2, -0.15) is 4.98 Å². The molecule has 7 nitrogen and oxygen atoms in total. The molecule has 0 saturated heterocycles. The van der Waals surface area contributed by atoms with Gasteiger partial charge >= 0.3 is 0 Å². The fourth-order valence-electron chi connectivity index (χ4n) is 1.73. The van der Waals surface area contributed by atoms with E-state index in [2.05, 4.69) is 25.8 Å². The van der Waals surface area contributed by atoms with Gasteiger partial charge in [-0.1, -0.05) is 13.8 Å². The number of nitrogens with one attached hydrogen (secondary N) is 3. The van der Waals surface area contributed by atoms with Gasteiger partial charge in [0.25, 0.3) is 0 Å². The second kappa shape index (κ2) is 6.49. The summed E-state index contributed by atoms with van der Waals surface area (Å²) in [6.07, 6.45) is 2.95. The number of anilines is 1. The summed E-state index contributed by atoms with van der Waals surface area (Å²) < 4.78 is 0. The Morgan fingerprint density at radius 3 is 2.75 bits per heavy atom. The van der Waals surface area contributed by atoms with Crippen molar-refractivity contribution in [2.24, 2.45) is 5.92 Å². The van der Waals surface area contributed by atoms with Gasteiger partial charge in [0.1, 0.15) is 5.82 Å². The molecule has 0 aliphatic heterocycles. The van der Waals surface area contributed by atoms with Crippen molar-refractivity contribution in [2.45, 2.75) is 45.4 Å². The van der Waals surface area contributed by atoms with Crippen LogP contribution in [0.5, 0.6) is 0 Å². The van der Waals surface area contributed by atoms with E-state index in [1.54, 1.807) is 0 Å². The third-order valence-electron chi connectivity index (χ3n) is 3.13. The van der Waals surface area contributed by atoms with Crippen LogP contribution in [0.3, 0.4) is 0 Å². The van der Waals surface area contributed by atoms with Gasteiger partial charge in [-0.15, -0.1) is 5.10 Å². The zero-order valence-electron chi connectivity index (χ0n) is 11.9. The van der Waals surface area contributed by atoms with Gasteiger partial charge in [-0.3, -0.25) is 20.0 Å². The number of hydrogen-bond acceptors (Lipinski definition) is 4. The van der Waals surface area contributed by atoms with Crippen LogP contribution in [0.1, 0.15) is 51.3 Å². The molecule has 2 amide bonds. The van der Waals surface area contributed by atoms with Crippen LogP contribution in [-0.4, -0.2) is 33.5 Å². The smallest absolute Gasteiger partial charge is 0.248 e. The molecule has 3 N–H and O–H groups in total. The summed E-state index contributed by atoms with van der Waals surface area (Å²) in [5.74, 6) is 1.48. The summed E-state index contributed by atoms with van der Waals surface area (Å²) in [5.41, 5.74) is 0. The van der Waals surface area contributed by atoms with Gasteiger partial charge in [-0.25, -0.2) is 0 Å². The molecule has 2 rings (SSSR count). The van der Waals surface area contributed by atoms with Crippen LogP contribution in [0.25, 0.3) is 0 Å². The number of rotatable bonds is 7. The van der Waals surface area contributed by atoms with E-state index in [9.17, 15) is 9.59 Å². The SMILES string of the molecule is CC(C)c1nc(NC(=O)CCCNC(=O)C2CC2)n[nH]1. The van der Waals surface area contributed by atoms with E-state index >= 15 is 0 Å². The Labute approximate surface area is 117 Å². The number of amides is 2. The summed E-state index contributed by atoms with van der Waals surface area (Å²) in [6.45, 7) is 4.53. The van der Waals surface area contributed by atoms with Crippen molar-refractivity contribution >= 4 is 17.8 Å². The average molecular weight is 279 g/mol. The van der Waals surface area contributed by atoms with Crippen molar-refractivity contribution in [3.05, 3.63) is 5.82 Å². The van der Waals surface area contributed by atoms with Crippen LogP contribution in [0.2, 0.25) is 0 Å². The number of H-pyrrole nitrogens is 1. The summed E-state index contributed by atoms with van der Waals surface area (Å²) in [5, 5.41) is 12.2. The van der Waals surface area contributed by atoms with Crippen molar-refractivity contribution < 1.29 is 9.59 Å². The third kappa shape index (κ3) is 4.32. The van der Waals surface area contributed by atoms with Crippen LogP contribution >= 0.6 is 0 Å². The Bertz CT molecular complexity index is 479. The highest BCUT2D eigenvalue weighted by Gasteiger charge is 2.28. The van der Waals surface area contributed by atoms with E-state index < -0.39 is 0 Å². The van der Waals surface area contributed by atoms with E-state index in [-0.39, 0.29) is 23.7 Å². The lowest BCUT2D eigenvalue weighted by Gasteiger charge is -2.03. The van der Waals surface area contributed by atoms with E-state index in [1.807, 2.05) is 13.8 Å². The quantitative estimate of drug-likeness (QED) is 0.652. The molecule has 0 atom stereocenters. The van der Waals surface area contributed by atoms with Gasteiger partial charge in [0.2, 0.25) is 17.8 Å². The summed E-state index contributed by atoms with van der Waals surface area (Å²) in [6, 6.07) is 0. The van der Waals surface area contributed by atoms with Gasteiger partial charge in [-0.05, 0) is 19.3 Å². The van der Waals surface area contributed by atoms with Crippen LogP contribution in [0.4, 0.5) is 5.95 Å².